The maximum absolute atomic E-state index is 14.2. The summed E-state index contributed by atoms with van der Waals surface area (Å²) in [6.07, 6.45) is 9.17. The second-order valence-electron chi connectivity index (χ2n) is 18.5. The molecule has 0 bridgehead atoms. The first-order valence-electron chi connectivity index (χ1n) is 21.4. The van der Waals surface area contributed by atoms with Crippen molar-refractivity contribution in [1.29, 1.82) is 0 Å². The first-order chi connectivity index (χ1) is 28.8. The van der Waals surface area contributed by atoms with Crippen LogP contribution in [0, 0.1) is 40.4 Å². The van der Waals surface area contributed by atoms with Gasteiger partial charge in [-0.05, 0) is 104 Å². The molecule has 5 aromatic rings. The number of aromatic nitrogens is 5. The van der Waals surface area contributed by atoms with Crippen molar-refractivity contribution < 1.29 is 19.1 Å². The summed E-state index contributed by atoms with van der Waals surface area (Å²) < 4.78 is 4.86. The quantitative estimate of drug-likeness (QED) is 0.127. The SMILES string of the molecule is COC(=O)N[C@H](C(=O)N1CC2(CC2)C[C@H]1c1nc(-c2cccnc2)c(-c2ccc(C#Cc3ccc4nc([C@@H]5CC6(CC6)CN5C(=O)[C@@H](C)C(C)C)[nH]c4c3)cc2)[nH]1)C(C)C. The minimum absolute atomic E-state index is 0.0289. The number of fused-ring (bicyclic) bond motifs is 1. The molecule has 12 heteroatoms. The molecular formula is C48H54N8O4. The van der Waals surface area contributed by atoms with E-state index in [1.807, 2.05) is 80.3 Å². The van der Waals surface area contributed by atoms with E-state index in [1.165, 1.54) is 20.0 Å². The number of aromatic amines is 2. The smallest absolute Gasteiger partial charge is 0.407 e. The lowest BCUT2D eigenvalue weighted by Gasteiger charge is -2.30. The van der Waals surface area contributed by atoms with Gasteiger partial charge >= 0.3 is 6.09 Å². The van der Waals surface area contributed by atoms with Crippen LogP contribution in [0.2, 0.25) is 0 Å². The Morgan fingerprint density at radius 2 is 1.42 bits per heavy atom. The highest BCUT2D eigenvalue weighted by atomic mass is 16.5. The fourth-order valence-corrected chi connectivity index (χ4v) is 9.17. The summed E-state index contributed by atoms with van der Waals surface area (Å²) in [5.41, 5.74) is 7.24. The van der Waals surface area contributed by atoms with Gasteiger partial charge in [0.1, 0.15) is 17.7 Å². The lowest BCUT2D eigenvalue weighted by molar-refractivity contribution is -0.137. The Balaban J connectivity index is 0.968. The van der Waals surface area contributed by atoms with Crippen molar-refractivity contribution in [3.05, 3.63) is 89.8 Å². The topological polar surface area (TPSA) is 149 Å². The van der Waals surface area contributed by atoms with Gasteiger partial charge < -0.3 is 29.8 Å². The number of hydrogen-bond acceptors (Lipinski definition) is 7. The van der Waals surface area contributed by atoms with E-state index in [-0.39, 0.29) is 52.5 Å². The molecule has 4 atom stereocenters. The molecule has 60 heavy (non-hydrogen) atoms. The van der Waals surface area contributed by atoms with Crippen molar-refractivity contribution in [2.45, 2.75) is 91.3 Å². The van der Waals surface area contributed by atoms with Crippen LogP contribution in [-0.4, -0.2) is 78.9 Å². The van der Waals surface area contributed by atoms with Crippen LogP contribution in [0.4, 0.5) is 4.79 Å². The molecule has 12 nitrogen and oxygen atoms in total. The van der Waals surface area contributed by atoms with Crippen LogP contribution in [0.3, 0.4) is 0 Å². The summed E-state index contributed by atoms with van der Waals surface area (Å²) in [5.74, 6) is 8.49. The van der Waals surface area contributed by atoms with Crippen molar-refractivity contribution in [3.8, 4) is 34.4 Å². The van der Waals surface area contributed by atoms with Crippen LogP contribution >= 0.6 is 0 Å². The second-order valence-corrected chi connectivity index (χ2v) is 18.5. The summed E-state index contributed by atoms with van der Waals surface area (Å²) in [6.45, 7) is 11.6. The Bertz CT molecular complexity index is 2500. The van der Waals surface area contributed by atoms with Crippen molar-refractivity contribution in [2.75, 3.05) is 20.2 Å². The lowest BCUT2D eigenvalue weighted by atomic mass is 9.96. The summed E-state index contributed by atoms with van der Waals surface area (Å²) in [7, 11) is 1.31. The first-order valence-corrected chi connectivity index (χ1v) is 21.4. The van der Waals surface area contributed by atoms with E-state index in [4.69, 9.17) is 14.7 Å². The highest BCUT2D eigenvalue weighted by Gasteiger charge is 2.56. The van der Waals surface area contributed by atoms with Crippen LogP contribution in [0.15, 0.2) is 67.0 Å². The number of carbonyl (C=O) groups excluding carboxylic acids is 3. The highest BCUT2D eigenvalue weighted by Crippen LogP contribution is 2.59. The minimum Gasteiger partial charge on any atom is -0.453 e. The normalized spacial score (nSPS) is 20.7. The van der Waals surface area contributed by atoms with E-state index in [9.17, 15) is 14.4 Å². The number of hydrogen-bond donors (Lipinski definition) is 3. The number of rotatable bonds is 9. The van der Waals surface area contributed by atoms with Crippen LogP contribution < -0.4 is 5.32 Å². The third-order valence-corrected chi connectivity index (χ3v) is 13.6. The minimum atomic E-state index is -0.721. The molecule has 2 spiro atoms. The molecule has 0 unspecified atom stereocenters. The van der Waals surface area contributed by atoms with Crippen molar-refractivity contribution in [2.24, 2.45) is 28.6 Å². The van der Waals surface area contributed by atoms with Gasteiger partial charge in [0.05, 0.1) is 41.6 Å². The molecule has 2 aromatic carbocycles. The van der Waals surface area contributed by atoms with E-state index in [0.29, 0.717) is 12.4 Å². The van der Waals surface area contributed by atoms with E-state index in [0.717, 1.165) is 82.7 Å². The Hall–Kier alpha value is -5.96. The standard InChI is InChI=1S/C48H54N8O4/c1-28(2)30(5)44(57)55-26-47(17-18-47)23-37(55)42-50-35-16-13-32(22-36(35)51-42)10-9-31-11-14-33(15-12-31)40-41(34-8-7-21-49-25-34)53-43(52-40)38-24-48(19-20-48)27-56(38)45(58)39(29(3)4)54-46(59)60-6/h7-8,11-16,21-22,25,28-30,37-39H,17-20,23-24,26-27H2,1-6H3,(H,50,51)(H,52,53)(H,54,59)/t30-,37-,38-,39-/m0/s1. The Morgan fingerprint density at radius 3 is 2.02 bits per heavy atom. The van der Waals surface area contributed by atoms with Gasteiger partial charge in [0.15, 0.2) is 0 Å². The lowest BCUT2D eigenvalue weighted by Crippen LogP contribution is -2.51. The Labute approximate surface area is 351 Å². The number of pyridine rings is 1. The summed E-state index contributed by atoms with van der Waals surface area (Å²) >= 11 is 0. The number of alkyl carbamates (subject to hydrolysis) is 1. The number of ether oxygens (including phenoxy) is 1. The molecule has 4 aliphatic rings. The fourth-order valence-electron chi connectivity index (χ4n) is 9.17. The molecule has 2 aliphatic heterocycles. The molecular weight excluding hydrogens is 753 g/mol. The molecule has 5 heterocycles. The zero-order chi connectivity index (χ0) is 41.9. The molecule has 2 saturated carbocycles. The summed E-state index contributed by atoms with van der Waals surface area (Å²) in [4.78, 5) is 65.7. The predicted molar refractivity (Wildman–Crippen MR) is 229 cm³/mol. The number of H-pyrrole nitrogens is 2. The Morgan fingerprint density at radius 1 is 0.783 bits per heavy atom. The first kappa shape index (κ1) is 39.5. The maximum Gasteiger partial charge on any atom is 0.407 e. The van der Waals surface area contributed by atoms with Crippen molar-refractivity contribution >= 4 is 28.9 Å². The monoisotopic (exact) mass is 806 g/mol. The molecule has 310 valence electrons. The third-order valence-electron chi connectivity index (χ3n) is 13.6. The second kappa shape index (κ2) is 15.3. The number of likely N-dealkylation sites (tertiary alicyclic amines) is 2. The van der Waals surface area contributed by atoms with Crippen LogP contribution in [0.25, 0.3) is 33.5 Å². The van der Waals surface area contributed by atoms with Gasteiger partial charge in [0.25, 0.3) is 0 Å². The van der Waals surface area contributed by atoms with Crippen molar-refractivity contribution in [1.82, 2.24) is 40.0 Å². The molecule has 0 radical (unpaired) electrons. The molecule has 3 amide bonds. The van der Waals surface area contributed by atoms with Gasteiger partial charge in [-0.3, -0.25) is 14.6 Å². The largest absolute Gasteiger partial charge is 0.453 e. The average Bonchev–Trinajstić information content (AvgIpc) is 3.90. The van der Waals surface area contributed by atoms with Crippen LogP contribution in [-0.2, 0) is 14.3 Å². The van der Waals surface area contributed by atoms with E-state index in [1.54, 1.807) is 12.4 Å². The van der Waals surface area contributed by atoms with Gasteiger partial charge in [-0.15, -0.1) is 0 Å². The number of imidazole rings is 2. The maximum atomic E-state index is 14.2. The van der Waals surface area contributed by atoms with Crippen LogP contribution in [0.5, 0.6) is 0 Å². The molecule has 3 N–H and O–H groups in total. The predicted octanol–water partition coefficient (Wildman–Crippen LogP) is 8.19. The highest BCUT2D eigenvalue weighted by molar-refractivity contribution is 5.87. The van der Waals surface area contributed by atoms with Gasteiger partial charge in [-0.2, -0.15) is 0 Å². The zero-order valence-electron chi connectivity index (χ0n) is 35.3. The number of amides is 3. The Kier molecular flexibility index (Phi) is 10.0. The summed E-state index contributed by atoms with van der Waals surface area (Å²) in [6, 6.07) is 17.0. The van der Waals surface area contributed by atoms with Gasteiger partial charge in [0.2, 0.25) is 11.8 Å². The molecule has 2 aliphatic carbocycles. The van der Waals surface area contributed by atoms with Crippen LogP contribution in [0.1, 0.15) is 108 Å². The van der Waals surface area contributed by atoms with E-state index in [2.05, 4.69) is 50.9 Å². The van der Waals surface area contributed by atoms with Gasteiger partial charge in [-0.1, -0.05) is 58.6 Å². The van der Waals surface area contributed by atoms with E-state index >= 15 is 0 Å². The van der Waals surface area contributed by atoms with E-state index < -0.39 is 12.1 Å². The number of nitrogens with zero attached hydrogens (tertiary/aromatic N) is 5. The zero-order valence-corrected chi connectivity index (χ0v) is 35.3. The van der Waals surface area contributed by atoms with Gasteiger partial charge in [0, 0.05) is 53.7 Å². The molecule has 2 saturated heterocycles. The van der Waals surface area contributed by atoms with Crippen molar-refractivity contribution in [3.63, 3.8) is 0 Å². The van der Waals surface area contributed by atoms with Gasteiger partial charge in [-0.25, -0.2) is 14.8 Å². The number of methoxy groups -OCH3 is 1. The number of benzene rings is 2. The summed E-state index contributed by atoms with van der Waals surface area (Å²) in [5, 5.41) is 2.77. The number of nitrogens with one attached hydrogen (secondary N) is 3. The number of carbonyl (C=O) groups is 3. The fraction of sp³-hybridized carbons (Fsp3) is 0.458. The average molecular weight is 807 g/mol. The molecule has 4 fully saturated rings. The molecule has 9 rings (SSSR count). The molecule has 3 aromatic heterocycles. The third kappa shape index (κ3) is 7.55.